The standard InChI is InChI=1S/C14H13BrN2O.C12H16O4S.C9H5BrN2/c1-16-10-2-3-14-12(8-10)13(15)9-17(14)11-4-6-18-7-5-11;1-10-2-4-12(5-3-10)17(13,14)16-11-6-8-15-9-7-11;1-11-6-2-3-9-7(4-6)8(10)5-12-9/h2-3,8-9,11H,4-7H2;2-5,11H,6-9H2,1H3;2-5,12H. The number of fused-ring (bicyclic) bond motifs is 2. The van der Waals surface area contributed by atoms with E-state index in [-0.39, 0.29) is 11.0 Å². The predicted octanol–water partition coefficient (Wildman–Crippen LogP) is 9.67. The number of halogens is 2. The molecule has 12 heteroatoms. The van der Waals surface area contributed by atoms with Gasteiger partial charge in [-0.2, -0.15) is 8.42 Å². The molecule has 47 heavy (non-hydrogen) atoms. The second-order valence-corrected chi connectivity index (χ2v) is 14.5. The molecule has 2 fully saturated rings. The molecule has 0 atom stereocenters. The topological polar surface area (TPSA) is 91.3 Å². The van der Waals surface area contributed by atoms with Gasteiger partial charge in [0.2, 0.25) is 0 Å². The monoisotopic (exact) mass is 780 g/mol. The van der Waals surface area contributed by atoms with E-state index in [1.54, 1.807) is 30.3 Å². The molecule has 3 aromatic carbocycles. The van der Waals surface area contributed by atoms with Crippen LogP contribution in [0.1, 0.15) is 37.3 Å². The van der Waals surface area contributed by atoms with E-state index in [2.05, 4.69) is 57.3 Å². The van der Waals surface area contributed by atoms with Crippen LogP contribution in [0, 0.1) is 20.1 Å². The largest absolute Gasteiger partial charge is 0.381 e. The number of rotatable bonds is 4. The molecule has 0 aliphatic carbocycles. The van der Waals surface area contributed by atoms with Gasteiger partial charge in [-0.15, -0.1) is 0 Å². The van der Waals surface area contributed by atoms with Crippen molar-refractivity contribution >= 4 is 75.2 Å². The average molecular weight is 783 g/mol. The fraction of sp³-hybridized carbons (Fsp3) is 0.314. The van der Waals surface area contributed by atoms with Gasteiger partial charge in [0.05, 0.1) is 24.1 Å². The molecule has 0 spiro atoms. The molecule has 0 radical (unpaired) electrons. The maximum Gasteiger partial charge on any atom is 0.297 e. The number of hydrogen-bond acceptors (Lipinski definition) is 5. The van der Waals surface area contributed by atoms with Crippen molar-refractivity contribution in [2.75, 3.05) is 26.4 Å². The molecular formula is C35H34Br2N4O5S. The first-order chi connectivity index (χ1) is 22.7. The summed E-state index contributed by atoms with van der Waals surface area (Å²) < 4.78 is 44.0. The van der Waals surface area contributed by atoms with E-state index in [0.717, 1.165) is 56.9 Å². The summed E-state index contributed by atoms with van der Waals surface area (Å²) in [6.07, 6.45) is 7.12. The molecule has 1 N–H and O–H groups in total. The molecule has 0 amide bonds. The maximum atomic E-state index is 11.9. The molecular weight excluding hydrogens is 748 g/mol. The van der Waals surface area contributed by atoms with Crippen molar-refractivity contribution in [3.63, 3.8) is 0 Å². The molecule has 9 nitrogen and oxygen atoms in total. The molecule has 0 saturated carbocycles. The molecule has 2 aliphatic rings. The van der Waals surface area contributed by atoms with E-state index < -0.39 is 10.1 Å². The van der Waals surface area contributed by atoms with Crippen molar-refractivity contribution in [1.82, 2.24) is 9.55 Å². The zero-order chi connectivity index (χ0) is 33.4. The van der Waals surface area contributed by atoms with E-state index in [9.17, 15) is 8.42 Å². The minimum Gasteiger partial charge on any atom is -0.381 e. The van der Waals surface area contributed by atoms with Crippen LogP contribution in [-0.4, -0.2) is 50.5 Å². The first-order valence-corrected chi connectivity index (χ1v) is 18.1. The third-order valence-corrected chi connectivity index (χ3v) is 10.6. The summed E-state index contributed by atoms with van der Waals surface area (Å²) in [6.45, 7) is 18.6. The van der Waals surface area contributed by atoms with Crippen molar-refractivity contribution < 1.29 is 22.1 Å². The van der Waals surface area contributed by atoms with Gasteiger partial charge in [-0.1, -0.05) is 29.8 Å². The van der Waals surface area contributed by atoms with E-state index >= 15 is 0 Å². The van der Waals surface area contributed by atoms with Crippen molar-refractivity contribution in [1.29, 1.82) is 0 Å². The number of benzene rings is 3. The Balaban J connectivity index is 0.000000141. The highest BCUT2D eigenvalue weighted by molar-refractivity contribution is 9.11. The Morgan fingerprint density at radius 3 is 2.06 bits per heavy atom. The van der Waals surface area contributed by atoms with Crippen LogP contribution in [0.5, 0.6) is 0 Å². The normalized spacial score (nSPS) is 15.6. The molecule has 0 unspecified atom stereocenters. The number of ether oxygens (including phenoxy) is 2. The van der Waals surface area contributed by atoms with Gasteiger partial charge in [0.15, 0.2) is 11.4 Å². The van der Waals surface area contributed by atoms with Crippen LogP contribution < -0.4 is 0 Å². The van der Waals surface area contributed by atoms with E-state index in [1.807, 2.05) is 43.5 Å². The van der Waals surface area contributed by atoms with Gasteiger partial charge in [-0.3, -0.25) is 4.18 Å². The highest BCUT2D eigenvalue weighted by Crippen LogP contribution is 2.34. The number of aromatic amines is 1. The van der Waals surface area contributed by atoms with Gasteiger partial charge >= 0.3 is 0 Å². The number of hydrogen-bond donors (Lipinski definition) is 1. The Labute approximate surface area is 291 Å². The second-order valence-electron chi connectivity index (χ2n) is 11.2. The molecule has 244 valence electrons. The van der Waals surface area contributed by atoms with Crippen molar-refractivity contribution in [3.8, 4) is 0 Å². The summed E-state index contributed by atoms with van der Waals surface area (Å²) in [6, 6.07) is 18.6. The first kappa shape index (κ1) is 34.8. The Morgan fingerprint density at radius 1 is 0.830 bits per heavy atom. The molecule has 2 aliphatic heterocycles. The fourth-order valence-corrected chi connectivity index (χ4v) is 7.50. The average Bonchev–Trinajstić information content (AvgIpc) is 3.64. The third-order valence-electron chi connectivity index (χ3n) is 7.97. The Morgan fingerprint density at radius 2 is 1.43 bits per heavy atom. The third kappa shape index (κ3) is 8.90. The number of nitrogens with zero attached hydrogens (tertiary/aromatic N) is 3. The van der Waals surface area contributed by atoms with Crippen LogP contribution in [-0.2, 0) is 23.8 Å². The van der Waals surface area contributed by atoms with Gasteiger partial charge in [-0.05, 0) is 101 Å². The van der Waals surface area contributed by atoms with Gasteiger partial charge < -0.3 is 19.0 Å². The van der Waals surface area contributed by atoms with Crippen molar-refractivity contribution in [3.05, 3.63) is 110 Å². The Hall–Kier alpha value is -3.49. The molecule has 4 heterocycles. The quantitative estimate of drug-likeness (QED) is 0.145. The van der Waals surface area contributed by atoms with Gasteiger partial charge in [-0.25, -0.2) is 9.69 Å². The van der Waals surface area contributed by atoms with E-state index in [1.165, 1.54) is 5.52 Å². The van der Waals surface area contributed by atoms with Gasteiger partial charge in [0, 0.05) is 75.6 Å². The summed E-state index contributed by atoms with van der Waals surface area (Å²) in [5.74, 6) is 0. The van der Waals surface area contributed by atoms with Crippen LogP contribution in [0.2, 0.25) is 0 Å². The van der Waals surface area contributed by atoms with Crippen LogP contribution in [0.3, 0.4) is 0 Å². The lowest BCUT2D eigenvalue weighted by atomic mass is 10.1. The number of aryl methyl sites for hydroxylation is 1. The molecule has 7 rings (SSSR count). The van der Waals surface area contributed by atoms with Crippen LogP contribution in [0.15, 0.2) is 86.9 Å². The predicted molar refractivity (Wildman–Crippen MR) is 191 cm³/mol. The lowest BCUT2D eigenvalue weighted by molar-refractivity contribution is 0.0284. The summed E-state index contributed by atoms with van der Waals surface area (Å²) >= 11 is 6.99. The maximum absolute atomic E-state index is 11.9. The zero-order valence-corrected chi connectivity index (χ0v) is 29.8. The van der Waals surface area contributed by atoms with Crippen LogP contribution in [0.4, 0.5) is 11.4 Å². The summed E-state index contributed by atoms with van der Waals surface area (Å²) in [5, 5.41) is 2.18. The lowest BCUT2D eigenvalue weighted by Gasteiger charge is -2.24. The number of H-pyrrole nitrogens is 1. The summed E-state index contributed by atoms with van der Waals surface area (Å²) in [5.41, 5.74) is 4.63. The summed E-state index contributed by atoms with van der Waals surface area (Å²) in [7, 11) is -3.63. The minimum absolute atomic E-state index is 0.217. The Bertz CT molecular complexity index is 2020. The first-order valence-electron chi connectivity index (χ1n) is 15.2. The van der Waals surface area contributed by atoms with Crippen LogP contribution in [0.25, 0.3) is 31.5 Å². The van der Waals surface area contributed by atoms with E-state index in [4.69, 9.17) is 26.8 Å². The highest BCUT2D eigenvalue weighted by atomic mass is 79.9. The number of nitrogens with one attached hydrogen (secondary N) is 1. The number of aromatic nitrogens is 2. The van der Waals surface area contributed by atoms with Crippen molar-refractivity contribution in [2.45, 2.75) is 49.6 Å². The lowest BCUT2D eigenvalue weighted by Crippen LogP contribution is -2.26. The van der Waals surface area contributed by atoms with E-state index in [0.29, 0.717) is 43.5 Å². The smallest absolute Gasteiger partial charge is 0.297 e. The SMILES string of the molecule is Cc1ccc(S(=O)(=O)OC2CCOCC2)cc1.[C-]#[N+]c1ccc2[nH]cc(Br)c2c1.[C-]#[N+]c1ccc2c(c1)c(Br)cn2C1CCOCC1. The van der Waals surface area contributed by atoms with Gasteiger partial charge in [0.25, 0.3) is 10.1 Å². The molecule has 0 bridgehead atoms. The minimum atomic E-state index is -3.63. The Kier molecular flexibility index (Phi) is 11.9. The highest BCUT2D eigenvalue weighted by Gasteiger charge is 2.23. The van der Waals surface area contributed by atoms with Crippen LogP contribution >= 0.6 is 31.9 Å². The second kappa shape index (κ2) is 16.1. The zero-order valence-electron chi connectivity index (χ0n) is 25.8. The molecule has 2 aromatic heterocycles. The van der Waals surface area contributed by atoms with Gasteiger partial charge in [0.1, 0.15) is 0 Å². The molecule has 5 aromatic rings. The van der Waals surface area contributed by atoms with Crippen molar-refractivity contribution in [2.24, 2.45) is 0 Å². The fourth-order valence-electron chi connectivity index (χ4n) is 5.39. The molecule has 2 saturated heterocycles. The summed E-state index contributed by atoms with van der Waals surface area (Å²) in [4.78, 5) is 10.1.